The van der Waals surface area contributed by atoms with Crippen molar-refractivity contribution in [1.82, 2.24) is 10.6 Å². The maximum atomic E-state index is 11.5. The van der Waals surface area contributed by atoms with Gasteiger partial charge in [-0.15, -0.1) is 0 Å². The van der Waals surface area contributed by atoms with E-state index in [1.165, 1.54) is 0 Å². The van der Waals surface area contributed by atoms with Crippen LogP contribution < -0.4 is 10.6 Å². The first-order valence-corrected chi connectivity index (χ1v) is 6.08. The van der Waals surface area contributed by atoms with Crippen molar-refractivity contribution >= 4 is 11.7 Å². The maximum Gasteiger partial charge on any atom is 0.319 e. The number of amides is 2. The molecule has 0 fully saturated rings. The van der Waals surface area contributed by atoms with Crippen LogP contribution in [0.3, 0.4) is 0 Å². The van der Waals surface area contributed by atoms with E-state index in [0.29, 0.717) is 0 Å². The number of rotatable bonds is 1. The molecule has 0 saturated heterocycles. The van der Waals surface area contributed by atoms with Crippen LogP contribution in [0.4, 0.5) is 4.79 Å². The number of nitrogens with one attached hydrogen (secondary N) is 2. The summed E-state index contributed by atoms with van der Waals surface area (Å²) in [5, 5.41) is 5.76. The first-order valence-electron chi connectivity index (χ1n) is 6.08. The van der Waals surface area contributed by atoms with Gasteiger partial charge < -0.3 is 10.6 Å². The zero-order chi connectivity index (χ0) is 12.7. The van der Waals surface area contributed by atoms with E-state index in [2.05, 4.69) is 10.6 Å². The minimum absolute atomic E-state index is 0.00560. The second-order valence-electron chi connectivity index (χ2n) is 4.70. The lowest BCUT2D eigenvalue weighted by molar-refractivity contribution is 0.238. The molecule has 2 heterocycles. The number of nitrogens with zero attached hydrogens (tertiary/aromatic N) is 1. The molecule has 0 aromatic heterocycles. The fourth-order valence-corrected chi connectivity index (χ4v) is 2.58. The lowest BCUT2D eigenvalue weighted by atomic mass is 9.94. The summed E-state index contributed by atoms with van der Waals surface area (Å²) in [6, 6.07) is 10.0. The number of aliphatic imine (C=N–C) groups is 1. The minimum atomic E-state index is -0.141. The van der Waals surface area contributed by atoms with Gasteiger partial charge in [-0.2, -0.15) is 0 Å². The smallest absolute Gasteiger partial charge is 0.319 e. The van der Waals surface area contributed by atoms with Gasteiger partial charge in [-0.25, -0.2) is 4.79 Å². The van der Waals surface area contributed by atoms with Crippen molar-refractivity contribution in [1.29, 1.82) is 0 Å². The number of hydrogen-bond acceptors (Lipinski definition) is 2. The van der Waals surface area contributed by atoms with Gasteiger partial charge in [0.2, 0.25) is 0 Å². The van der Waals surface area contributed by atoms with Crippen LogP contribution in [0.15, 0.2) is 46.6 Å². The average Bonchev–Trinajstić information content (AvgIpc) is 2.68. The number of benzene rings is 1. The van der Waals surface area contributed by atoms with Gasteiger partial charge in [0.25, 0.3) is 0 Å². The van der Waals surface area contributed by atoms with E-state index in [4.69, 9.17) is 4.99 Å². The molecule has 0 spiro atoms. The van der Waals surface area contributed by atoms with Gasteiger partial charge in [-0.3, -0.25) is 4.99 Å². The number of carbonyl (C=O) groups is 1. The quantitative estimate of drug-likeness (QED) is 0.774. The van der Waals surface area contributed by atoms with E-state index in [0.717, 1.165) is 22.5 Å². The van der Waals surface area contributed by atoms with Crippen LogP contribution in [0.2, 0.25) is 0 Å². The molecule has 2 unspecified atom stereocenters. The molecular weight excluding hydrogens is 226 g/mol. The van der Waals surface area contributed by atoms with E-state index >= 15 is 0 Å². The molecule has 2 N–H and O–H groups in total. The molecule has 18 heavy (non-hydrogen) atoms. The summed E-state index contributed by atoms with van der Waals surface area (Å²) in [6.07, 6.45) is 0. The van der Waals surface area contributed by atoms with Gasteiger partial charge in [-0.05, 0) is 13.8 Å². The topological polar surface area (TPSA) is 53.5 Å². The third-order valence-electron chi connectivity index (χ3n) is 3.42. The summed E-state index contributed by atoms with van der Waals surface area (Å²) in [4.78, 5) is 16.2. The Morgan fingerprint density at radius 3 is 2.67 bits per heavy atom. The number of fused-ring (bicyclic) bond motifs is 1. The van der Waals surface area contributed by atoms with Crippen molar-refractivity contribution < 1.29 is 4.79 Å². The molecule has 4 heteroatoms. The van der Waals surface area contributed by atoms with Gasteiger partial charge in [0.05, 0.1) is 17.8 Å². The second-order valence-corrected chi connectivity index (χ2v) is 4.70. The Hall–Kier alpha value is -2.10. The van der Waals surface area contributed by atoms with Crippen molar-refractivity contribution in [3.05, 3.63) is 47.2 Å². The summed E-state index contributed by atoms with van der Waals surface area (Å²) < 4.78 is 0. The van der Waals surface area contributed by atoms with E-state index < -0.39 is 0 Å². The van der Waals surface area contributed by atoms with Crippen molar-refractivity contribution in [3.63, 3.8) is 0 Å². The van der Waals surface area contributed by atoms with Crippen LogP contribution in [0, 0.1) is 0 Å². The summed E-state index contributed by atoms with van der Waals surface area (Å²) in [7, 11) is 0. The summed E-state index contributed by atoms with van der Waals surface area (Å²) >= 11 is 0. The Morgan fingerprint density at radius 1 is 1.22 bits per heavy atom. The van der Waals surface area contributed by atoms with Gasteiger partial charge in [-0.1, -0.05) is 30.3 Å². The fourth-order valence-electron chi connectivity index (χ4n) is 2.58. The Kier molecular flexibility index (Phi) is 2.44. The van der Waals surface area contributed by atoms with Crippen LogP contribution in [0.25, 0.3) is 0 Å². The molecule has 0 aliphatic carbocycles. The molecule has 3 rings (SSSR count). The van der Waals surface area contributed by atoms with E-state index in [-0.39, 0.29) is 18.1 Å². The number of urea groups is 1. The van der Waals surface area contributed by atoms with Crippen molar-refractivity contribution in [3.8, 4) is 0 Å². The monoisotopic (exact) mass is 241 g/mol. The minimum Gasteiger partial charge on any atom is -0.329 e. The Bertz CT molecular complexity index is 560. The van der Waals surface area contributed by atoms with Crippen LogP contribution in [0.1, 0.15) is 19.4 Å². The highest BCUT2D eigenvalue weighted by atomic mass is 16.2. The maximum absolute atomic E-state index is 11.5. The number of hydrogen-bond donors (Lipinski definition) is 2. The first-order chi connectivity index (χ1) is 8.66. The molecule has 2 aliphatic heterocycles. The van der Waals surface area contributed by atoms with Crippen LogP contribution in [0.5, 0.6) is 0 Å². The summed E-state index contributed by atoms with van der Waals surface area (Å²) in [6.45, 7) is 3.96. The standard InChI is InChI=1S/C14H15N3O/c1-8-11-12(17-14(18)16-8)9(2)15-13(11)10-6-4-3-5-7-10/h3-7,9,12H,1-2H3,(H2,16,17,18). The van der Waals surface area contributed by atoms with Gasteiger partial charge in [0.1, 0.15) is 0 Å². The highest BCUT2D eigenvalue weighted by Gasteiger charge is 2.37. The fraction of sp³-hybridized carbons (Fsp3) is 0.286. The molecule has 0 radical (unpaired) electrons. The Balaban J connectivity index is 2.09. The zero-order valence-corrected chi connectivity index (χ0v) is 10.4. The molecular formula is C14H15N3O. The Morgan fingerprint density at radius 2 is 1.94 bits per heavy atom. The van der Waals surface area contributed by atoms with E-state index in [1.807, 2.05) is 44.2 Å². The first kappa shape index (κ1) is 11.0. The average molecular weight is 241 g/mol. The second kappa shape index (κ2) is 3.98. The largest absolute Gasteiger partial charge is 0.329 e. The van der Waals surface area contributed by atoms with E-state index in [9.17, 15) is 4.79 Å². The molecule has 2 amide bonds. The van der Waals surface area contributed by atoms with Crippen molar-refractivity contribution in [2.45, 2.75) is 25.9 Å². The highest BCUT2D eigenvalue weighted by Crippen LogP contribution is 2.28. The van der Waals surface area contributed by atoms with Crippen molar-refractivity contribution in [2.24, 2.45) is 4.99 Å². The van der Waals surface area contributed by atoms with Crippen LogP contribution >= 0.6 is 0 Å². The molecule has 2 aliphatic rings. The van der Waals surface area contributed by atoms with Crippen LogP contribution in [-0.2, 0) is 0 Å². The molecule has 2 atom stereocenters. The SMILES string of the molecule is CC1=C2C(c3ccccc3)=NC(C)C2NC(=O)N1. The Labute approximate surface area is 106 Å². The summed E-state index contributed by atoms with van der Waals surface area (Å²) in [5.41, 5.74) is 4.08. The normalized spacial score (nSPS) is 26.3. The number of allylic oxidation sites excluding steroid dienone is 1. The van der Waals surface area contributed by atoms with E-state index in [1.54, 1.807) is 0 Å². The molecule has 1 aromatic rings. The third kappa shape index (κ3) is 1.61. The molecule has 0 bridgehead atoms. The highest BCUT2D eigenvalue weighted by molar-refractivity contribution is 6.16. The molecule has 0 saturated carbocycles. The van der Waals surface area contributed by atoms with Gasteiger partial charge in [0, 0.05) is 16.8 Å². The molecule has 92 valence electrons. The van der Waals surface area contributed by atoms with Crippen molar-refractivity contribution in [2.75, 3.05) is 0 Å². The third-order valence-corrected chi connectivity index (χ3v) is 3.42. The molecule has 4 nitrogen and oxygen atoms in total. The lowest BCUT2D eigenvalue weighted by Crippen LogP contribution is -2.50. The predicted molar refractivity (Wildman–Crippen MR) is 70.6 cm³/mol. The summed E-state index contributed by atoms with van der Waals surface area (Å²) in [5.74, 6) is 0. The van der Waals surface area contributed by atoms with Gasteiger partial charge >= 0.3 is 6.03 Å². The number of carbonyl (C=O) groups excluding carboxylic acids is 1. The molecule has 1 aromatic carbocycles. The zero-order valence-electron chi connectivity index (χ0n) is 10.4. The predicted octanol–water partition coefficient (Wildman–Crippen LogP) is 1.83. The van der Waals surface area contributed by atoms with Crippen LogP contribution in [-0.4, -0.2) is 23.8 Å². The van der Waals surface area contributed by atoms with Gasteiger partial charge in [0.15, 0.2) is 0 Å². The lowest BCUT2D eigenvalue weighted by Gasteiger charge is -2.26.